The minimum absolute atomic E-state index is 0.113. The van der Waals surface area contributed by atoms with E-state index < -0.39 is 17.0 Å². The monoisotopic (exact) mass is 420 g/mol. The lowest BCUT2D eigenvalue weighted by Gasteiger charge is -2.16. The molecule has 0 fully saturated rings. The summed E-state index contributed by atoms with van der Waals surface area (Å²) in [5.41, 5.74) is 5.62. The van der Waals surface area contributed by atoms with Crippen molar-refractivity contribution < 1.29 is 18.1 Å². The number of benzene rings is 2. The Morgan fingerprint density at radius 1 is 1.31 bits per heavy atom. The molecule has 0 saturated carbocycles. The van der Waals surface area contributed by atoms with Crippen molar-refractivity contribution in [1.82, 2.24) is 9.73 Å². The van der Waals surface area contributed by atoms with Crippen molar-refractivity contribution >= 4 is 23.0 Å². The molecule has 0 aliphatic carbocycles. The number of nitrogens with two attached hydrogens (primary N) is 1. The van der Waals surface area contributed by atoms with Crippen molar-refractivity contribution in [1.29, 1.82) is 0 Å². The van der Waals surface area contributed by atoms with Gasteiger partial charge in [0.05, 0.1) is 19.9 Å². The van der Waals surface area contributed by atoms with Crippen LogP contribution in [0.5, 0.6) is 11.5 Å². The summed E-state index contributed by atoms with van der Waals surface area (Å²) >= 11 is -1.68. The van der Waals surface area contributed by atoms with Crippen LogP contribution in [0.1, 0.15) is 22.3 Å². The molecule has 0 saturated heterocycles. The summed E-state index contributed by atoms with van der Waals surface area (Å²) in [5.74, 6) is 0.611. The standard InChI is InChI=1S/C20H25FN4O3S/c1-6-13-10-18(27-4)19(28-5)11-16(13)20(24-23-2)14-7-8-15(17(21)9-14)12-25(3)29(22)26/h6-11,23H,1,12,22H2,2-5H3/b24-20-. The summed E-state index contributed by atoms with van der Waals surface area (Å²) in [7, 11) is 6.30. The molecule has 0 amide bonds. The Labute approximate surface area is 172 Å². The van der Waals surface area contributed by atoms with E-state index in [1.54, 1.807) is 51.5 Å². The molecule has 2 aromatic rings. The van der Waals surface area contributed by atoms with Gasteiger partial charge in [-0.3, -0.25) is 0 Å². The molecule has 0 bridgehead atoms. The SMILES string of the molecule is C=Cc1cc(OC)c(OC)cc1/C(=N\NC)c1ccc(CN(C)S(N)=O)c(F)c1. The Balaban J connectivity index is 2.56. The van der Waals surface area contributed by atoms with E-state index >= 15 is 0 Å². The fourth-order valence-corrected chi connectivity index (χ4v) is 3.05. The van der Waals surface area contributed by atoms with Gasteiger partial charge in [-0.2, -0.15) is 5.10 Å². The summed E-state index contributed by atoms with van der Waals surface area (Å²) in [6.07, 6.45) is 1.67. The van der Waals surface area contributed by atoms with Gasteiger partial charge in [0.2, 0.25) is 0 Å². The average molecular weight is 421 g/mol. The summed E-state index contributed by atoms with van der Waals surface area (Å²) in [6.45, 7) is 3.96. The molecule has 7 nitrogen and oxygen atoms in total. The Morgan fingerprint density at radius 3 is 2.48 bits per heavy atom. The molecule has 0 aliphatic rings. The molecular weight excluding hydrogens is 395 g/mol. The third-order valence-electron chi connectivity index (χ3n) is 4.28. The maximum Gasteiger partial charge on any atom is 0.167 e. The van der Waals surface area contributed by atoms with E-state index in [1.165, 1.54) is 17.5 Å². The van der Waals surface area contributed by atoms with Crippen molar-refractivity contribution in [2.75, 3.05) is 28.3 Å². The van der Waals surface area contributed by atoms with E-state index in [1.807, 2.05) is 0 Å². The Hall–Kier alpha value is -2.75. The number of hydrogen-bond acceptors (Lipinski definition) is 5. The molecule has 29 heavy (non-hydrogen) atoms. The van der Waals surface area contributed by atoms with E-state index in [9.17, 15) is 8.60 Å². The number of halogens is 1. The fraction of sp³-hybridized carbons (Fsp3) is 0.250. The quantitative estimate of drug-likeness (QED) is 0.482. The largest absolute Gasteiger partial charge is 0.493 e. The summed E-state index contributed by atoms with van der Waals surface area (Å²) in [6, 6.07) is 8.28. The van der Waals surface area contributed by atoms with Gasteiger partial charge in [-0.1, -0.05) is 24.8 Å². The van der Waals surface area contributed by atoms with Gasteiger partial charge in [-0.05, 0) is 23.8 Å². The van der Waals surface area contributed by atoms with E-state index in [2.05, 4.69) is 17.1 Å². The molecular formula is C20H25FN4O3S. The van der Waals surface area contributed by atoms with Gasteiger partial charge in [0.15, 0.2) is 22.7 Å². The van der Waals surface area contributed by atoms with Gasteiger partial charge in [0.25, 0.3) is 0 Å². The van der Waals surface area contributed by atoms with Gasteiger partial charge in [0.1, 0.15) is 5.82 Å². The lowest BCUT2D eigenvalue weighted by molar-refractivity contribution is 0.355. The molecule has 2 rings (SSSR count). The Morgan fingerprint density at radius 2 is 1.97 bits per heavy atom. The van der Waals surface area contributed by atoms with Crippen LogP contribution in [-0.4, -0.2) is 42.5 Å². The van der Waals surface area contributed by atoms with Crippen LogP contribution in [-0.2, 0) is 17.7 Å². The molecule has 0 radical (unpaired) electrons. The lowest BCUT2D eigenvalue weighted by atomic mass is 9.95. The maximum absolute atomic E-state index is 14.7. The summed E-state index contributed by atoms with van der Waals surface area (Å²) in [5, 5.41) is 9.67. The van der Waals surface area contributed by atoms with Crippen molar-refractivity contribution in [3.63, 3.8) is 0 Å². The molecule has 9 heteroatoms. The van der Waals surface area contributed by atoms with Crippen LogP contribution in [0.4, 0.5) is 4.39 Å². The van der Waals surface area contributed by atoms with Crippen LogP contribution in [0, 0.1) is 5.82 Å². The van der Waals surface area contributed by atoms with Gasteiger partial charge in [-0.15, -0.1) is 0 Å². The zero-order chi connectivity index (χ0) is 21.6. The second-order valence-electron chi connectivity index (χ2n) is 6.05. The summed E-state index contributed by atoms with van der Waals surface area (Å²) in [4.78, 5) is 0. The van der Waals surface area contributed by atoms with E-state index in [0.717, 1.165) is 5.56 Å². The number of rotatable bonds is 9. The number of hydrazone groups is 1. The predicted molar refractivity (Wildman–Crippen MR) is 115 cm³/mol. The first-order valence-corrected chi connectivity index (χ1v) is 9.82. The molecule has 0 aliphatic heterocycles. The number of nitrogens with one attached hydrogen (secondary N) is 1. The van der Waals surface area contributed by atoms with Crippen LogP contribution in [0.15, 0.2) is 42.0 Å². The molecule has 1 atom stereocenters. The Bertz CT molecular complexity index is 950. The number of methoxy groups -OCH3 is 2. The fourth-order valence-electron chi connectivity index (χ4n) is 2.79. The predicted octanol–water partition coefficient (Wildman–Crippen LogP) is 2.43. The molecule has 0 aromatic heterocycles. The van der Waals surface area contributed by atoms with E-state index in [0.29, 0.717) is 33.9 Å². The highest BCUT2D eigenvalue weighted by Gasteiger charge is 2.18. The second kappa shape index (κ2) is 10.1. The third-order valence-corrected chi connectivity index (χ3v) is 5.02. The second-order valence-corrected chi connectivity index (χ2v) is 7.23. The van der Waals surface area contributed by atoms with E-state index in [4.69, 9.17) is 14.6 Å². The van der Waals surface area contributed by atoms with Crippen LogP contribution in [0.3, 0.4) is 0 Å². The maximum atomic E-state index is 14.7. The number of hydrogen-bond donors (Lipinski definition) is 2. The van der Waals surface area contributed by atoms with Gasteiger partial charge < -0.3 is 14.9 Å². The van der Waals surface area contributed by atoms with E-state index in [-0.39, 0.29) is 6.54 Å². The first kappa shape index (κ1) is 22.5. The number of nitrogens with zero attached hydrogens (tertiary/aromatic N) is 2. The lowest BCUT2D eigenvalue weighted by Crippen LogP contribution is -2.26. The van der Waals surface area contributed by atoms with Crippen LogP contribution < -0.4 is 20.0 Å². The van der Waals surface area contributed by atoms with Crippen LogP contribution in [0.2, 0.25) is 0 Å². The van der Waals surface area contributed by atoms with Crippen LogP contribution >= 0.6 is 0 Å². The first-order valence-electron chi connectivity index (χ1n) is 8.65. The zero-order valence-corrected chi connectivity index (χ0v) is 17.7. The van der Waals surface area contributed by atoms with Gasteiger partial charge in [-0.25, -0.2) is 18.0 Å². The normalized spacial score (nSPS) is 12.6. The molecule has 3 N–H and O–H groups in total. The molecule has 0 spiro atoms. The highest BCUT2D eigenvalue weighted by atomic mass is 32.2. The minimum Gasteiger partial charge on any atom is -0.493 e. The van der Waals surface area contributed by atoms with Crippen LogP contribution in [0.25, 0.3) is 6.08 Å². The van der Waals surface area contributed by atoms with Crippen molar-refractivity contribution in [2.24, 2.45) is 10.2 Å². The van der Waals surface area contributed by atoms with Crippen molar-refractivity contribution in [3.05, 3.63) is 65.0 Å². The molecule has 1 unspecified atom stereocenters. The van der Waals surface area contributed by atoms with Crippen molar-refractivity contribution in [3.8, 4) is 11.5 Å². The third kappa shape index (κ3) is 5.20. The summed E-state index contributed by atoms with van der Waals surface area (Å²) < 4.78 is 38.1. The van der Waals surface area contributed by atoms with Gasteiger partial charge in [0, 0.05) is 37.3 Å². The Kier molecular flexibility index (Phi) is 7.89. The molecule has 0 heterocycles. The highest BCUT2D eigenvalue weighted by molar-refractivity contribution is 7.80. The first-order chi connectivity index (χ1) is 13.9. The molecule has 2 aromatic carbocycles. The minimum atomic E-state index is -1.68. The smallest absolute Gasteiger partial charge is 0.167 e. The zero-order valence-electron chi connectivity index (χ0n) is 16.9. The van der Waals surface area contributed by atoms with Gasteiger partial charge >= 0.3 is 0 Å². The molecule has 156 valence electrons. The topological polar surface area (TPSA) is 89.2 Å². The average Bonchev–Trinajstić information content (AvgIpc) is 2.72. The van der Waals surface area contributed by atoms with Crippen molar-refractivity contribution in [2.45, 2.75) is 6.54 Å². The number of ether oxygens (including phenoxy) is 2. The highest BCUT2D eigenvalue weighted by Crippen LogP contribution is 2.32.